The second-order valence-corrected chi connectivity index (χ2v) is 12.6. The van der Waals surface area contributed by atoms with Gasteiger partial charge in [-0.3, -0.25) is 10.1 Å². The van der Waals surface area contributed by atoms with Gasteiger partial charge in [-0.15, -0.1) is 12.6 Å². The molecule has 0 radical (unpaired) electrons. The number of halogens is 1. The third-order valence-corrected chi connectivity index (χ3v) is 10.7. The molecule has 3 fully saturated rings. The molecule has 1 aromatic rings. The van der Waals surface area contributed by atoms with Crippen LogP contribution in [0.3, 0.4) is 0 Å². The number of carbonyl (C=O) groups excluding carboxylic acids is 2. The maximum absolute atomic E-state index is 13.4. The third-order valence-electron chi connectivity index (χ3n) is 10.3. The first kappa shape index (κ1) is 28.2. The highest BCUT2D eigenvalue weighted by Gasteiger charge is 2.70. The van der Waals surface area contributed by atoms with Crippen molar-refractivity contribution in [1.82, 2.24) is 0 Å². The highest BCUT2D eigenvalue weighted by Crippen LogP contribution is 2.68. The van der Waals surface area contributed by atoms with Gasteiger partial charge in [0.15, 0.2) is 5.60 Å². The molecule has 0 amide bonds. The van der Waals surface area contributed by atoms with Crippen LogP contribution >= 0.6 is 12.6 Å². The molecule has 1 aromatic carbocycles. The summed E-state index contributed by atoms with van der Waals surface area (Å²) < 4.78 is 24.3. The summed E-state index contributed by atoms with van der Waals surface area (Å²) in [6.07, 6.45) is 6.57. The fourth-order valence-electron chi connectivity index (χ4n) is 8.62. The summed E-state index contributed by atoms with van der Waals surface area (Å²) in [5.74, 6) is -0.735. The van der Waals surface area contributed by atoms with Crippen LogP contribution in [0.1, 0.15) is 52.4 Å². The summed E-state index contributed by atoms with van der Waals surface area (Å²) in [7, 11) is 1.41. The zero-order chi connectivity index (χ0) is 28.2. The maximum atomic E-state index is 13.4. The highest BCUT2D eigenvalue weighted by atomic mass is 32.1. The minimum Gasteiger partial charge on any atom is -0.448 e. The van der Waals surface area contributed by atoms with E-state index in [1.54, 1.807) is 12.1 Å². The molecule has 0 aliphatic heterocycles. The Labute approximate surface area is 234 Å². The van der Waals surface area contributed by atoms with Crippen LogP contribution in [0.4, 0.5) is 10.1 Å². The number of allylic oxidation sites excluding steroid dienone is 3. The number of benzene rings is 1. The molecule has 0 saturated heterocycles. The number of hydrogen-bond acceptors (Lipinski definition) is 6. The first-order valence-corrected chi connectivity index (χ1v) is 14.1. The lowest BCUT2D eigenvalue weighted by Crippen LogP contribution is -2.76. The maximum Gasteiger partial charge on any atom is 0.333 e. The van der Waals surface area contributed by atoms with Crippen LogP contribution in [0.15, 0.2) is 47.2 Å². The van der Waals surface area contributed by atoms with E-state index in [1.165, 1.54) is 31.0 Å². The Balaban J connectivity index is 1.46. The molecule has 4 N–H and O–H groups in total. The Hall–Kier alpha value is -2.33. The number of esters is 1. The second-order valence-electron chi connectivity index (χ2n) is 12.2. The van der Waals surface area contributed by atoms with E-state index in [2.05, 4.69) is 25.6 Å². The summed E-state index contributed by atoms with van der Waals surface area (Å²) in [5, 5.41) is 21.5. The highest BCUT2D eigenvalue weighted by molar-refractivity contribution is 7.96. The van der Waals surface area contributed by atoms with Gasteiger partial charge in [-0.1, -0.05) is 19.4 Å². The molecular formula is C30H38FN2O5S+. The summed E-state index contributed by atoms with van der Waals surface area (Å²) in [4.78, 5) is 25.5. The number of rotatable bonds is 7. The van der Waals surface area contributed by atoms with Crippen molar-refractivity contribution < 1.29 is 33.9 Å². The summed E-state index contributed by atoms with van der Waals surface area (Å²) >= 11 is 4.21. The van der Waals surface area contributed by atoms with Gasteiger partial charge in [-0.2, -0.15) is 0 Å². The van der Waals surface area contributed by atoms with E-state index >= 15 is 0 Å². The molecule has 39 heavy (non-hydrogen) atoms. The Bertz CT molecular complexity index is 1250. The number of aliphatic hydroxyl groups excluding tert-OH is 1. The quantitative estimate of drug-likeness (QED) is 0.176. The average molecular weight is 558 g/mol. The molecule has 4 aliphatic rings. The van der Waals surface area contributed by atoms with Crippen molar-refractivity contribution in [3.8, 4) is 0 Å². The van der Waals surface area contributed by atoms with Gasteiger partial charge in [0.1, 0.15) is 23.8 Å². The molecule has 0 bridgehead atoms. The van der Waals surface area contributed by atoms with Crippen LogP contribution < -0.4 is 5.32 Å². The molecular weight excluding hydrogens is 519 g/mol. The van der Waals surface area contributed by atoms with E-state index in [-0.39, 0.29) is 35.6 Å². The van der Waals surface area contributed by atoms with Gasteiger partial charge in [0.25, 0.3) is 0 Å². The summed E-state index contributed by atoms with van der Waals surface area (Å²) in [6, 6.07) is 6.32. The minimum absolute atomic E-state index is 0.0570. The second kappa shape index (κ2) is 10.3. The van der Waals surface area contributed by atoms with Crippen LogP contribution in [0.2, 0.25) is 0 Å². The molecule has 3 saturated carbocycles. The van der Waals surface area contributed by atoms with Gasteiger partial charge < -0.3 is 20.0 Å². The standard InChI is InChI=1S/C30H37FN2O5S/c1-28-13-17(15-32)23(33-20-7-5-19(31)6-8-20)12-18(28)4-9-21-22-10-11-30(27(36)39,38-25(35)16-37-3)29(22,2)14-24(34)26(21)28/h5-8,12,15,21-22,24,26,32-34H,4,9-11,13-14,16H2,1-3H3,(H,36,39)/p+1/t21-,22?,24-,26?,28-,29-,30-/m0/s1. The fourth-order valence-corrected chi connectivity index (χ4v) is 9.03. The van der Waals surface area contributed by atoms with Crippen LogP contribution in [0.5, 0.6) is 0 Å². The first-order chi connectivity index (χ1) is 18.5. The zero-order valence-corrected chi connectivity index (χ0v) is 23.6. The lowest BCUT2D eigenvalue weighted by molar-refractivity contribution is -0.513. The van der Waals surface area contributed by atoms with Crippen molar-refractivity contribution in [3.63, 3.8) is 0 Å². The van der Waals surface area contributed by atoms with Crippen molar-refractivity contribution in [2.75, 3.05) is 13.7 Å². The number of aliphatic hydroxyl groups is 1. The SMILES string of the molecule is COCC(=O)O[C@]1(C(=O)S)CCC2[C@@H]3CCC4=CC([NH2+]c5ccc(F)cc5)=C(C=N)C[C@]4(C)C3[C@@H](O)C[C@@]21C. The van der Waals surface area contributed by atoms with Crippen LogP contribution in [0.25, 0.3) is 0 Å². The molecule has 5 rings (SSSR count). The number of carbonyl (C=O) groups is 2. The van der Waals surface area contributed by atoms with Crippen molar-refractivity contribution >= 4 is 35.6 Å². The van der Waals surface area contributed by atoms with E-state index in [4.69, 9.17) is 14.9 Å². The predicted molar refractivity (Wildman–Crippen MR) is 147 cm³/mol. The molecule has 0 spiro atoms. The number of nitrogens with one attached hydrogen (secondary N) is 1. The lowest BCUT2D eigenvalue weighted by Gasteiger charge is -2.60. The third kappa shape index (κ3) is 4.42. The Morgan fingerprint density at radius 3 is 2.62 bits per heavy atom. The van der Waals surface area contributed by atoms with E-state index in [0.717, 1.165) is 29.8 Å². The van der Waals surface area contributed by atoms with Crippen LogP contribution in [0, 0.1) is 39.8 Å². The first-order valence-electron chi connectivity index (χ1n) is 13.7. The van der Waals surface area contributed by atoms with Gasteiger partial charge in [0, 0.05) is 36.4 Å². The van der Waals surface area contributed by atoms with Crippen LogP contribution in [-0.2, 0) is 19.1 Å². The number of hydrogen-bond donors (Lipinski definition) is 4. The fraction of sp³-hybridized carbons (Fsp3) is 0.567. The van der Waals surface area contributed by atoms with E-state index in [1.807, 2.05) is 12.2 Å². The minimum atomic E-state index is -1.40. The smallest absolute Gasteiger partial charge is 0.333 e. The van der Waals surface area contributed by atoms with E-state index in [9.17, 15) is 19.1 Å². The van der Waals surface area contributed by atoms with Gasteiger partial charge in [0.2, 0.25) is 5.12 Å². The van der Waals surface area contributed by atoms with Crippen LogP contribution in [-0.4, -0.2) is 47.8 Å². The van der Waals surface area contributed by atoms with Crippen molar-refractivity contribution in [2.24, 2.45) is 28.6 Å². The summed E-state index contributed by atoms with van der Waals surface area (Å²) in [6.45, 7) is 3.93. The monoisotopic (exact) mass is 557 g/mol. The van der Waals surface area contributed by atoms with Crippen molar-refractivity contribution in [1.29, 1.82) is 5.41 Å². The molecule has 0 aromatic heterocycles. The number of ether oxygens (including phenoxy) is 2. The van der Waals surface area contributed by atoms with Gasteiger partial charge in [-0.25, -0.2) is 9.18 Å². The number of nitrogens with two attached hydrogens (primary N) is 1. The van der Waals surface area contributed by atoms with Crippen molar-refractivity contribution in [3.05, 3.63) is 53.0 Å². The molecule has 2 unspecified atom stereocenters. The molecule has 9 heteroatoms. The molecule has 7 atom stereocenters. The lowest BCUT2D eigenvalue weighted by atomic mass is 9.45. The largest absolute Gasteiger partial charge is 0.448 e. The Morgan fingerprint density at radius 2 is 1.97 bits per heavy atom. The average Bonchev–Trinajstić information content (AvgIpc) is 3.17. The number of fused-ring (bicyclic) bond motifs is 5. The van der Waals surface area contributed by atoms with Crippen molar-refractivity contribution in [2.45, 2.75) is 64.1 Å². The van der Waals surface area contributed by atoms with Gasteiger partial charge in [0.05, 0.1) is 6.10 Å². The van der Waals surface area contributed by atoms with Gasteiger partial charge in [-0.05, 0) is 79.9 Å². The Kier molecular flexibility index (Phi) is 7.41. The normalized spacial score (nSPS) is 37.3. The zero-order valence-electron chi connectivity index (χ0n) is 22.7. The molecule has 7 nitrogen and oxygen atoms in total. The molecule has 0 heterocycles. The Morgan fingerprint density at radius 1 is 1.26 bits per heavy atom. The number of methoxy groups -OCH3 is 1. The van der Waals surface area contributed by atoms with Gasteiger partial charge >= 0.3 is 5.97 Å². The molecule has 4 aliphatic carbocycles. The van der Waals surface area contributed by atoms with E-state index < -0.39 is 28.2 Å². The summed E-state index contributed by atoms with van der Waals surface area (Å²) in [5.41, 5.74) is 1.46. The number of thiol groups is 1. The molecule has 210 valence electrons. The predicted octanol–water partition coefficient (Wildman–Crippen LogP) is 3.85. The topological polar surface area (TPSA) is 113 Å². The number of quaternary nitrogens is 1. The van der Waals surface area contributed by atoms with E-state index in [0.29, 0.717) is 25.7 Å².